The molecule has 0 radical (unpaired) electrons. The van der Waals surface area contributed by atoms with E-state index in [1.807, 2.05) is 13.0 Å². The molecule has 92 valence electrons. The van der Waals surface area contributed by atoms with Gasteiger partial charge in [0.05, 0.1) is 17.7 Å². The molecule has 1 aromatic carbocycles. The Bertz CT molecular complexity index is 412. The molecule has 2 atom stereocenters. The minimum atomic E-state index is -0.399. The molecule has 1 aromatic rings. The van der Waals surface area contributed by atoms with E-state index in [2.05, 4.69) is 5.32 Å². The number of aliphatic hydroxyl groups is 1. The fourth-order valence-electron chi connectivity index (χ4n) is 1.70. The normalized spacial score (nSPS) is 14.1. The SMILES string of the molecule is CC(O)CC(C)NCc1cc(F)cc(C#N)c1. The monoisotopic (exact) mass is 236 g/mol. The lowest BCUT2D eigenvalue weighted by atomic mass is 10.1. The number of hydrogen-bond acceptors (Lipinski definition) is 3. The van der Waals surface area contributed by atoms with Crippen molar-refractivity contribution in [3.63, 3.8) is 0 Å². The van der Waals surface area contributed by atoms with Crippen molar-refractivity contribution < 1.29 is 9.50 Å². The summed E-state index contributed by atoms with van der Waals surface area (Å²) < 4.78 is 13.1. The smallest absolute Gasteiger partial charge is 0.124 e. The highest BCUT2D eigenvalue weighted by atomic mass is 19.1. The van der Waals surface area contributed by atoms with Gasteiger partial charge in [-0.05, 0) is 44.0 Å². The molecule has 0 aliphatic heterocycles. The molecule has 1 rings (SSSR count). The van der Waals surface area contributed by atoms with Crippen LogP contribution in [0.2, 0.25) is 0 Å². The second kappa shape index (κ2) is 6.33. The van der Waals surface area contributed by atoms with Crippen molar-refractivity contribution in [1.29, 1.82) is 5.26 Å². The molecule has 2 N–H and O–H groups in total. The van der Waals surface area contributed by atoms with Gasteiger partial charge in [-0.25, -0.2) is 4.39 Å². The molecule has 0 heterocycles. The molecule has 0 fully saturated rings. The van der Waals surface area contributed by atoms with E-state index in [1.54, 1.807) is 13.0 Å². The number of rotatable bonds is 5. The van der Waals surface area contributed by atoms with E-state index < -0.39 is 5.82 Å². The first kappa shape index (κ1) is 13.6. The third kappa shape index (κ3) is 4.94. The average molecular weight is 236 g/mol. The minimum absolute atomic E-state index is 0.142. The van der Waals surface area contributed by atoms with Crippen LogP contribution < -0.4 is 5.32 Å². The molecule has 0 saturated carbocycles. The Hall–Kier alpha value is -1.44. The number of nitriles is 1. The van der Waals surface area contributed by atoms with Crippen LogP contribution in [0.5, 0.6) is 0 Å². The Kier molecular flexibility index (Phi) is 5.08. The lowest BCUT2D eigenvalue weighted by Crippen LogP contribution is -2.28. The van der Waals surface area contributed by atoms with Crippen molar-refractivity contribution in [3.8, 4) is 6.07 Å². The summed E-state index contributed by atoms with van der Waals surface area (Å²) in [5.41, 5.74) is 1.06. The van der Waals surface area contributed by atoms with Crippen LogP contribution in [0.1, 0.15) is 31.4 Å². The van der Waals surface area contributed by atoms with E-state index in [0.717, 1.165) is 5.56 Å². The number of benzene rings is 1. The summed E-state index contributed by atoms with van der Waals surface area (Å²) in [6, 6.07) is 6.34. The molecule has 0 saturated heterocycles. The maximum Gasteiger partial charge on any atom is 0.124 e. The van der Waals surface area contributed by atoms with Crippen molar-refractivity contribution in [2.75, 3.05) is 0 Å². The maximum absolute atomic E-state index is 13.1. The molecular weight excluding hydrogens is 219 g/mol. The molecule has 0 aliphatic carbocycles. The fraction of sp³-hybridized carbons (Fsp3) is 0.462. The minimum Gasteiger partial charge on any atom is -0.393 e. The first-order valence-electron chi connectivity index (χ1n) is 5.62. The van der Waals surface area contributed by atoms with Gasteiger partial charge in [0.15, 0.2) is 0 Å². The lowest BCUT2D eigenvalue weighted by molar-refractivity contribution is 0.170. The van der Waals surface area contributed by atoms with Gasteiger partial charge in [-0.2, -0.15) is 5.26 Å². The predicted molar refractivity (Wildman–Crippen MR) is 63.7 cm³/mol. The summed E-state index contributed by atoms with van der Waals surface area (Å²) in [4.78, 5) is 0. The Balaban J connectivity index is 2.57. The summed E-state index contributed by atoms with van der Waals surface area (Å²) >= 11 is 0. The van der Waals surface area contributed by atoms with E-state index in [4.69, 9.17) is 5.26 Å². The summed E-state index contributed by atoms with van der Waals surface area (Å²) in [7, 11) is 0. The Labute approximate surface area is 101 Å². The van der Waals surface area contributed by atoms with Gasteiger partial charge in [0.25, 0.3) is 0 Å². The quantitative estimate of drug-likeness (QED) is 0.821. The summed E-state index contributed by atoms with van der Waals surface area (Å²) in [5, 5.41) is 21.1. The zero-order chi connectivity index (χ0) is 12.8. The topological polar surface area (TPSA) is 56.0 Å². The van der Waals surface area contributed by atoms with Gasteiger partial charge < -0.3 is 10.4 Å². The average Bonchev–Trinajstić information content (AvgIpc) is 2.24. The molecule has 4 heteroatoms. The Morgan fingerprint density at radius 3 is 2.71 bits per heavy atom. The highest BCUT2D eigenvalue weighted by Gasteiger charge is 2.06. The number of nitrogens with zero attached hydrogens (tertiary/aromatic N) is 1. The summed E-state index contributed by atoms with van der Waals surface area (Å²) in [5.74, 6) is -0.399. The Morgan fingerprint density at radius 2 is 2.12 bits per heavy atom. The number of halogens is 1. The summed E-state index contributed by atoms with van der Waals surface area (Å²) in [6.45, 7) is 4.17. The molecule has 17 heavy (non-hydrogen) atoms. The number of hydrogen-bond donors (Lipinski definition) is 2. The van der Waals surface area contributed by atoms with Crippen LogP contribution in [0.3, 0.4) is 0 Å². The van der Waals surface area contributed by atoms with E-state index in [9.17, 15) is 9.50 Å². The third-order valence-corrected chi connectivity index (χ3v) is 2.44. The first-order valence-corrected chi connectivity index (χ1v) is 5.62. The van der Waals surface area contributed by atoms with Crippen LogP contribution >= 0.6 is 0 Å². The molecular formula is C13H17FN2O. The molecule has 0 bridgehead atoms. The molecule has 3 nitrogen and oxygen atoms in total. The molecule has 2 unspecified atom stereocenters. The van der Waals surface area contributed by atoms with Crippen molar-refractivity contribution in [3.05, 3.63) is 35.1 Å². The van der Waals surface area contributed by atoms with E-state index in [1.165, 1.54) is 12.1 Å². The highest BCUT2D eigenvalue weighted by Crippen LogP contribution is 2.09. The Morgan fingerprint density at radius 1 is 1.41 bits per heavy atom. The van der Waals surface area contributed by atoms with Crippen molar-refractivity contribution in [2.45, 2.75) is 39.0 Å². The van der Waals surface area contributed by atoms with Gasteiger partial charge in [-0.1, -0.05) is 0 Å². The molecule has 0 aromatic heterocycles. The van der Waals surface area contributed by atoms with Gasteiger partial charge in [0.1, 0.15) is 5.82 Å². The van der Waals surface area contributed by atoms with Crippen LogP contribution in [0.15, 0.2) is 18.2 Å². The molecule has 0 spiro atoms. The predicted octanol–water partition coefficient (Wildman–Crippen LogP) is 1.95. The van der Waals surface area contributed by atoms with Crippen LogP contribution in [-0.4, -0.2) is 17.3 Å². The second-order valence-corrected chi connectivity index (χ2v) is 4.33. The van der Waals surface area contributed by atoms with Gasteiger partial charge >= 0.3 is 0 Å². The number of aliphatic hydroxyl groups excluding tert-OH is 1. The van der Waals surface area contributed by atoms with Crippen LogP contribution in [0, 0.1) is 17.1 Å². The zero-order valence-corrected chi connectivity index (χ0v) is 10.1. The fourth-order valence-corrected chi connectivity index (χ4v) is 1.70. The van der Waals surface area contributed by atoms with E-state index in [-0.39, 0.29) is 12.1 Å². The number of nitrogens with one attached hydrogen (secondary N) is 1. The highest BCUT2D eigenvalue weighted by molar-refractivity contribution is 5.33. The third-order valence-electron chi connectivity index (χ3n) is 2.44. The van der Waals surface area contributed by atoms with Gasteiger partial charge in [0, 0.05) is 12.6 Å². The van der Waals surface area contributed by atoms with Crippen LogP contribution in [0.4, 0.5) is 4.39 Å². The van der Waals surface area contributed by atoms with Crippen molar-refractivity contribution in [2.24, 2.45) is 0 Å². The molecule has 0 amide bonds. The van der Waals surface area contributed by atoms with Gasteiger partial charge in [0.2, 0.25) is 0 Å². The maximum atomic E-state index is 13.1. The second-order valence-electron chi connectivity index (χ2n) is 4.33. The van der Waals surface area contributed by atoms with Crippen molar-refractivity contribution in [1.82, 2.24) is 5.32 Å². The van der Waals surface area contributed by atoms with Gasteiger partial charge in [-0.15, -0.1) is 0 Å². The largest absolute Gasteiger partial charge is 0.393 e. The summed E-state index contributed by atoms with van der Waals surface area (Å²) in [6.07, 6.45) is 0.278. The lowest BCUT2D eigenvalue weighted by Gasteiger charge is -2.15. The standard InChI is InChI=1S/C13H17FN2O/c1-9(3-10(2)17)16-8-12-4-11(7-15)5-13(14)6-12/h4-6,9-10,16-17H,3,8H2,1-2H3. The zero-order valence-electron chi connectivity index (χ0n) is 10.1. The van der Waals surface area contributed by atoms with Crippen molar-refractivity contribution >= 4 is 0 Å². The first-order chi connectivity index (χ1) is 8.01. The van der Waals surface area contributed by atoms with Crippen LogP contribution in [0.25, 0.3) is 0 Å². The van der Waals surface area contributed by atoms with Gasteiger partial charge in [-0.3, -0.25) is 0 Å². The van der Waals surface area contributed by atoms with Crippen LogP contribution in [-0.2, 0) is 6.54 Å². The van der Waals surface area contributed by atoms with E-state index in [0.29, 0.717) is 18.5 Å². The van der Waals surface area contributed by atoms with E-state index >= 15 is 0 Å². The molecule has 0 aliphatic rings.